The van der Waals surface area contributed by atoms with Gasteiger partial charge in [0.1, 0.15) is 17.4 Å². The van der Waals surface area contributed by atoms with E-state index in [1.807, 2.05) is 12.1 Å². The quantitative estimate of drug-likeness (QED) is 0.814. The second-order valence-electron chi connectivity index (χ2n) is 6.04. The summed E-state index contributed by atoms with van der Waals surface area (Å²) in [7, 11) is 2.08. The van der Waals surface area contributed by atoms with Crippen molar-refractivity contribution in [2.45, 2.75) is 40.3 Å². The van der Waals surface area contributed by atoms with Gasteiger partial charge in [-0.25, -0.2) is 4.98 Å². The van der Waals surface area contributed by atoms with Crippen LogP contribution in [0.1, 0.15) is 38.0 Å². The molecule has 22 heavy (non-hydrogen) atoms. The number of nitrogens with one attached hydrogen (secondary N) is 1. The van der Waals surface area contributed by atoms with E-state index in [2.05, 4.69) is 60.0 Å². The molecule has 0 radical (unpaired) electrons. The van der Waals surface area contributed by atoms with E-state index in [0.29, 0.717) is 5.92 Å². The van der Waals surface area contributed by atoms with E-state index in [4.69, 9.17) is 4.74 Å². The summed E-state index contributed by atoms with van der Waals surface area (Å²) >= 11 is 0. The lowest BCUT2D eigenvalue weighted by Gasteiger charge is -2.18. The first-order chi connectivity index (χ1) is 10.6. The molecule has 0 aliphatic heterocycles. The maximum Gasteiger partial charge on any atom is 0.150 e. The van der Waals surface area contributed by atoms with E-state index >= 15 is 0 Å². The minimum Gasteiger partial charge on any atom is -0.493 e. The van der Waals surface area contributed by atoms with Gasteiger partial charge in [0.2, 0.25) is 0 Å². The lowest BCUT2D eigenvalue weighted by molar-refractivity contribution is 0.257. The predicted octanol–water partition coefficient (Wildman–Crippen LogP) is 3.03. The van der Waals surface area contributed by atoms with Crippen molar-refractivity contribution >= 4 is 0 Å². The summed E-state index contributed by atoms with van der Waals surface area (Å²) < 4.78 is 5.91. The third-order valence-electron chi connectivity index (χ3n) is 3.30. The van der Waals surface area contributed by atoms with Crippen LogP contribution in [0.3, 0.4) is 0 Å². The van der Waals surface area contributed by atoms with Crippen LogP contribution in [0.25, 0.3) is 0 Å². The number of benzene rings is 1. The Morgan fingerprint density at radius 2 is 2.00 bits per heavy atom. The zero-order chi connectivity index (χ0) is 15.9. The Morgan fingerprint density at radius 3 is 2.68 bits per heavy atom. The molecule has 1 aromatic heterocycles. The number of H-pyrrole nitrogens is 1. The number of para-hydroxylation sites is 1. The van der Waals surface area contributed by atoms with Crippen molar-refractivity contribution in [3.63, 3.8) is 0 Å². The van der Waals surface area contributed by atoms with Gasteiger partial charge in [-0.05, 0) is 19.0 Å². The summed E-state index contributed by atoms with van der Waals surface area (Å²) in [6.45, 7) is 8.66. The Balaban J connectivity index is 1.97. The summed E-state index contributed by atoms with van der Waals surface area (Å²) in [5.41, 5.74) is 1.20. The van der Waals surface area contributed by atoms with Crippen LogP contribution in [0.2, 0.25) is 0 Å². The lowest BCUT2D eigenvalue weighted by Crippen LogP contribution is -2.19. The van der Waals surface area contributed by atoms with Crippen molar-refractivity contribution in [1.82, 2.24) is 20.1 Å². The Kier molecular flexibility index (Phi) is 5.95. The number of aryl methyl sites for hydroxylation is 1. The van der Waals surface area contributed by atoms with Gasteiger partial charge in [0.15, 0.2) is 0 Å². The molecule has 0 saturated heterocycles. The molecular formula is C17H26N4O. The van der Waals surface area contributed by atoms with Gasteiger partial charge < -0.3 is 4.74 Å². The molecule has 0 amide bonds. The van der Waals surface area contributed by atoms with Crippen molar-refractivity contribution in [3.8, 4) is 5.75 Å². The molecule has 0 unspecified atom stereocenters. The lowest BCUT2D eigenvalue weighted by atomic mass is 10.2. The molecule has 120 valence electrons. The molecule has 2 rings (SSSR count). The predicted molar refractivity (Wildman–Crippen MR) is 87.7 cm³/mol. The van der Waals surface area contributed by atoms with Crippen LogP contribution >= 0.6 is 0 Å². The van der Waals surface area contributed by atoms with Gasteiger partial charge in [-0.1, -0.05) is 39.0 Å². The average molecular weight is 302 g/mol. The fourth-order valence-corrected chi connectivity index (χ4v) is 2.20. The molecule has 1 aromatic carbocycles. The molecule has 0 aliphatic rings. The summed E-state index contributed by atoms with van der Waals surface area (Å²) in [5, 5.41) is 7.17. The standard InChI is InChI=1S/C17H26N4O/c1-5-16-18-17(20-19-16)11-21(4)10-14-8-6-7-9-15(14)22-12-13(2)3/h6-9,13H,5,10-12H2,1-4H3,(H,18,19,20). The molecule has 0 atom stereocenters. The van der Waals surface area contributed by atoms with E-state index < -0.39 is 0 Å². The minimum atomic E-state index is 0.521. The van der Waals surface area contributed by atoms with Gasteiger partial charge in [-0.15, -0.1) is 0 Å². The summed E-state index contributed by atoms with van der Waals surface area (Å²) in [5.74, 6) is 3.26. The summed E-state index contributed by atoms with van der Waals surface area (Å²) in [4.78, 5) is 6.66. The maximum atomic E-state index is 5.91. The van der Waals surface area contributed by atoms with Crippen molar-refractivity contribution in [3.05, 3.63) is 41.5 Å². The molecule has 1 heterocycles. The average Bonchev–Trinajstić information content (AvgIpc) is 2.93. The SMILES string of the molecule is CCc1n[nH]c(CN(C)Cc2ccccc2OCC(C)C)n1. The summed E-state index contributed by atoms with van der Waals surface area (Å²) in [6, 6.07) is 8.22. The van der Waals surface area contributed by atoms with Gasteiger partial charge >= 0.3 is 0 Å². The third-order valence-corrected chi connectivity index (χ3v) is 3.30. The molecule has 0 aliphatic carbocycles. The van der Waals surface area contributed by atoms with Gasteiger partial charge in [-0.2, -0.15) is 5.10 Å². The highest BCUT2D eigenvalue weighted by Crippen LogP contribution is 2.20. The van der Waals surface area contributed by atoms with E-state index in [1.54, 1.807) is 0 Å². The van der Waals surface area contributed by atoms with Gasteiger partial charge in [-0.3, -0.25) is 10.00 Å². The first-order valence-corrected chi connectivity index (χ1v) is 7.87. The second-order valence-corrected chi connectivity index (χ2v) is 6.04. The molecule has 0 saturated carbocycles. The zero-order valence-electron chi connectivity index (χ0n) is 14.0. The fraction of sp³-hybridized carbons (Fsp3) is 0.529. The van der Waals surface area contributed by atoms with Crippen molar-refractivity contribution in [1.29, 1.82) is 0 Å². The van der Waals surface area contributed by atoms with Gasteiger partial charge in [0.05, 0.1) is 13.2 Å². The number of aromatic nitrogens is 3. The number of hydrogen-bond acceptors (Lipinski definition) is 4. The number of aromatic amines is 1. The number of hydrogen-bond donors (Lipinski definition) is 1. The molecule has 2 aromatic rings. The minimum absolute atomic E-state index is 0.521. The number of ether oxygens (including phenoxy) is 1. The highest BCUT2D eigenvalue weighted by atomic mass is 16.5. The Hall–Kier alpha value is -1.88. The normalized spacial score (nSPS) is 11.4. The van der Waals surface area contributed by atoms with Crippen molar-refractivity contribution < 1.29 is 4.74 Å². The Bertz CT molecular complexity index is 580. The molecular weight excluding hydrogens is 276 g/mol. The van der Waals surface area contributed by atoms with Crippen LogP contribution in [0.15, 0.2) is 24.3 Å². The van der Waals surface area contributed by atoms with Crippen LogP contribution in [0.4, 0.5) is 0 Å². The molecule has 0 bridgehead atoms. The van der Waals surface area contributed by atoms with Crippen molar-refractivity contribution in [2.75, 3.05) is 13.7 Å². The van der Waals surface area contributed by atoms with Gasteiger partial charge in [0, 0.05) is 18.5 Å². The van der Waals surface area contributed by atoms with Crippen LogP contribution in [-0.4, -0.2) is 33.7 Å². The number of rotatable bonds is 8. The largest absolute Gasteiger partial charge is 0.493 e. The van der Waals surface area contributed by atoms with Crippen LogP contribution in [-0.2, 0) is 19.5 Å². The van der Waals surface area contributed by atoms with Crippen LogP contribution in [0, 0.1) is 5.92 Å². The van der Waals surface area contributed by atoms with E-state index in [9.17, 15) is 0 Å². The molecule has 5 nitrogen and oxygen atoms in total. The zero-order valence-corrected chi connectivity index (χ0v) is 14.0. The van der Waals surface area contributed by atoms with E-state index in [-0.39, 0.29) is 0 Å². The van der Waals surface area contributed by atoms with Crippen LogP contribution < -0.4 is 4.74 Å². The summed E-state index contributed by atoms with van der Waals surface area (Å²) in [6.07, 6.45) is 0.853. The Morgan fingerprint density at radius 1 is 1.23 bits per heavy atom. The first-order valence-electron chi connectivity index (χ1n) is 7.87. The fourth-order valence-electron chi connectivity index (χ4n) is 2.20. The van der Waals surface area contributed by atoms with Crippen LogP contribution in [0.5, 0.6) is 5.75 Å². The smallest absolute Gasteiger partial charge is 0.150 e. The monoisotopic (exact) mass is 302 g/mol. The molecule has 0 spiro atoms. The highest BCUT2D eigenvalue weighted by molar-refractivity contribution is 5.33. The van der Waals surface area contributed by atoms with E-state index in [0.717, 1.165) is 43.5 Å². The van der Waals surface area contributed by atoms with E-state index in [1.165, 1.54) is 5.56 Å². The third kappa shape index (κ3) is 4.84. The van der Waals surface area contributed by atoms with Gasteiger partial charge in [0.25, 0.3) is 0 Å². The number of nitrogens with zero attached hydrogens (tertiary/aromatic N) is 3. The highest BCUT2D eigenvalue weighted by Gasteiger charge is 2.10. The maximum absolute atomic E-state index is 5.91. The molecule has 5 heteroatoms. The van der Waals surface area contributed by atoms with Crippen molar-refractivity contribution in [2.24, 2.45) is 5.92 Å². The molecule has 0 fully saturated rings. The molecule has 1 N–H and O–H groups in total. The second kappa shape index (κ2) is 7.94. The Labute approximate surface area is 132 Å². The topological polar surface area (TPSA) is 54.0 Å². The first kappa shape index (κ1) is 16.5.